The van der Waals surface area contributed by atoms with Crippen LogP contribution in [0.3, 0.4) is 0 Å². The van der Waals surface area contributed by atoms with E-state index in [-0.39, 0.29) is 23.9 Å². The molecule has 3 rings (SSSR count). The molecule has 3 nitrogen and oxygen atoms in total. The lowest BCUT2D eigenvalue weighted by atomic mass is 9.81. The van der Waals surface area contributed by atoms with Crippen LogP contribution in [0.1, 0.15) is 28.8 Å². The highest BCUT2D eigenvalue weighted by atomic mass is 35.5. The maximum Gasteiger partial charge on any atom is 0.254 e. The molecule has 0 aliphatic carbocycles. The second-order valence-electron chi connectivity index (χ2n) is 4.69. The largest absolute Gasteiger partial charge is 0.332 e. The minimum Gasteiger partial charge on any atom is -0.332 e. The van der Waals surface area contributed by atoms with Crippen LogP contribution in [0.4, 0.5) is 0 Å². The molecule has 1 saturated heterocycles. The van der Waals surface area contributed by atoms with Gasteiger partial charge in [-0.15, -0.1) is 12.4 Å². The summed E-state index contributed by atoms with van der Waals surface area (Å²) < 4.78 is 0. The van der Waals surface area contributed by atoms with Gasteiger partial charge in [-0.05, 0) is 37.6 Å². The molecule has 4 heteroatoms. The second-order valence-corrected chi connectivity index (χ2v) is 4.69. The topological polar surface area (TPSA) is 32.3 Å². The van der Waals surface area contributed by atoms with Crippen LogP contribution in [-0.4, -0.2) is 30.9 Å². The summed E-state index contributed by atoms with van der Waals surface area (Å²) in [6.07, 6.45) is 2.04. The number of carbonyl (C=O) groups is 1. The summed E-state index contributed by atoms with van der Waals surface area (Å²) in [5.74, 6) is 0.178. The number of nitrogens with one attached hydrogen (secondary N) is 1. The standard InChI is InChI=1S/C13H16N2O.ClH/c1-15-12(16)10-4-2-3-5-11(10)13(15)6-8-14-9-7-13;/h2-5,14H,6-9H2,1H3;1H. The van der Waals surface area contributed by atoms with Crippen LogP contribution >= 0.6 is 12.4 Å². The molecule has 0 bridgehead atoms. The van der Waals surface area contributed by atoms with Crippen LogP contribution in [0.25, 0.3) is 0 Å². The zero-order valence-electron chi connectivity index (χ0n) is 9.90. The molecule has 1 spiro atoms. The summed E-state index contributed by atoms with van der Waals surface area (Å²) in [4.78, 5) is 14.1. The highest BCUT2D eigenvalue weighted by Gasteiger charge is 2.47. The van der Waals surface area contributed by atoms with Crippen LogP contribution in [-0.2, 0) is 5.54 Å². The summed E-state index contributed by atoms with van der Waals surface area (Å²) in [6, 6.07) is 8.05. The summed E-state index contributed by atoms with van der Waals surface area (Å²) in [6.45, 7) is 1.98. The molecule has 0 unspecified atom stereocenters. The Bertz CT molecular complexity index is 441. The van der Waals surface area contributed by atoms with Crippen molar-refractivity contribution >= 4 is 18.3 Å². The second kappa shape index (κ2) is 4.31. The van der Waals surface area contributed by atoms with E-state index in [1.807, 2.05) is 30.1 Å². The number of hydrogen-bond donors (Lipinski definition) is 1. The Hall–Kier alpha value is -1.06. The molecular formula is C13H17ClN2O. The molecule has 0 aromatic heterocycles. The average Bonchev–Trinajstić information content (AvgIpc) is 2.55. The first-order valence-electron chi connectivity index (χ1n) is 5.84. The van der Waals surface area contributed by atoms with E-state index in [4.69, 9.17) is 0 Å². The van der Waals surface area contributed by atoms with Gasteiger partial charge in [-0.3, -0.25) is 4.79 Å². The monoisotopic (exact) mass is 252 g/mol. The Morgan fingerprint density at radius 3 is 2.59 bits per heavy atom. The zero-order chi connectivity index (χ0) is 11.2. The van der Waals surface area contributed by atoms with Crippen molar-refractivity contribution in [1.82, 2.24) is 10.2 Å². The van der Waals surface area contributed by atoms with Crippen LogP contribution in [0.2, 0.25) is 0 Å². The van der Waals surface area contributed by atoms with Crippen molar-refractivity contribution in [3.05, 3.63) is 35.4 Å². The number of rotatable bonds is 0. The molecule has 2 aliphatic heterocycles. The highest BCUT2D eigenvalue weighted by Crippen LogP contribution is 2.43. The Morgan fingerprint density at radius 2 is 1.88 bits per heavy atom. The van der Waals surface area contributed by atoms with Gasteiger partial charge in [-0.25, -0.2) is 0 Å². The molecule has 2 aliphatic rings. The Labute approximate surface area is 108 Å². The molecule has 1 aromatic rings. The summed E-state index contributed by atoms with van der Waals surface area (Å²) in [7, 11) is 1.94. The highest BCUT2D eigenvalue weighted by molar-refractivity contribution is 5.99. The predicted octanol–water partition coefficient (Wildman–Crippen LogP) is 1.77. The fourth-order valence-electron chi connectivity index (χ4n) is 3.08. The maximum atomic E-state index is 12.2. The van der Waals surface area contributed by atoms with E-state index >= 15 is 0 Å². The fraction of sp³-hybridized carbons (Fsp3) is 0.462. The van der Waals surface area contributed by atoms with Gasteiger partial charge in [0.15, 0.2) is 0 Å². The van der Waals surface area contributed by atoms with Gasteiger partial charge in [0.1, 0.15) is 0 Å². The van der Waals surface area contributed by atoms with Crippen LogP contribution in [0.15, 0.2) is 24.3 Å². The van der Waals surface area contributed by atoms with Gasteiger partial charge >= 0.3 is 0 Å². The molecule has 17 heavy (non-hydrogen) atoms. The third-order valence-corrected chi connectivity index (χ3v) is 4.04. The van der Waals surface area contributed by atoms with Gasteiger partial charge in [-0.2, -0.15) is 0 Å². The molecular weight excluding hydrogens is 236 g/mol. The van der Waals surface area contributed by atoms with Gasteiger partial charge in [0.2, 0.25) is 0 Å². The summed E-state index contributed by atoms with van der Waals surface area (Å²) >= 11 is 0. The molecule has 1 fully saturated rings. The first kappa shape index (κ1) is 12.4. The Balaban J connectivity index is 0.00000108. The predicted molar refractivity (Wildman–Crippen MR) is 69.6 cm³/mol. The van der Waals surface area contributed by atoms with Crippen molar-refractivity contribution in [2.45, 2.75) is 18.4 Å². The normalized spacial score (nSPS) is 21.2. The Morgan fingerprint density at radius 1 is 1.24 bits per heavy atom. The molecule has 1 N–H and O–H groups in total. The average molecular weight is 253 g/mol. The fourth-order valence-corrected chi connectivity index (χ4v) is 3.08. The number of amides is 1. The minimum absolute atomic E-state index is 0. The lowest BCUT2D eigenvalue weighted by Gasteiger charge is -2.40. The van der Waals surface area contributed by atoms with Gasteiger partial charge in [0.05, 0.1) is 5.54 Å². The SMILES string of the molecule is CN1C(=O)c2ccccc2C12CCNCC2.Cl. The molecule has 0 radical (unpaired) electrons. The first-order valence-corrected chi connectivity index (χ1v) is 5.84. The zero-order valence-corrected chi connectivity index (χ0v) is 10.7. The number of benzene rings is 1. The number of halogens is 1. The van der Waals surface area contributed by atoms with E-state index in [2.05, 4.69) is 11.4 Å². The Kier molecular flexibility index (Phi) is 3.15. The third-order valence-electron chi connectivity index (χ3n) is 4.04. The van der Waals surface area contributed by atoms with E-state index in [1.54, 1.807) is 0 Å². The van der Waals surface area contributed by atoms with Crippen LogP contribution in [0, 0.1) is 0 Å². The number of hydrogen-bond acceptors (Lipinski definition) is 2. The molecule has 2 heterocycles. The molecule has 1 amide bonds. The van der Waals surface area contributed by atoms with Gasteiger partial charge in [0, 0.05) is 12.6 Å². The molecule has 92 valence electrons. The van der Waals surface area contributed by atoms with E-state index < -0.39 is 0 Å². The van der Waals surface area contributed by atoms with Crippen LogP contribution < -0.4 is 5.32 Å². The van der Waals surface area contributed by atoms with Gasteiger partial charge in [-0.1, -0.05) is 18.2 Å². The van der Waals surface area contributed by atoms with Crippen LogP contribution in [0.5, 0.6) is 0 Å². The van der Waals surface area contributed by atoms with Crippen molar-refractivity contribution < 1.29 is 4.79 Å². The molecule has 1 aromatic carbocycles. The van der Waals surface area contributed by atoms with Gasteiger partial charge in [0.25, 0.3) is 5.91 Å². The van der Waals surface area contributed by atoms with Crippen molar-refractivity contribution in [3.63, 3.8) is 0 Å². The third kappa shape index (κ3) is 1.57. The smallest absolute Gasteiger partial charge is 0.254 e. The van der Waals surface area contributed by atoms with E-state index in [0.717, 1.165) is 31.5 Å². The number of piperidine rings is 1. The van der Waals surface area contributed by atoms with Crippen molar-refractivity contribution in [2.24, 2.45) is 0 Å². The quantitative estimate of drug-likeness (QED) is 0.763. The number of carbonyl (C=O) groups excluding carboxylic acids is 1. The van der Waals surface area contributed by atoms with Gasteiger partial charge < -0.3 is 10.2 Å². The van der Waals surface area contributed by atoms with Crippen molar-refractivity contribution in [3.8, 4) is 0 Å². The van der Waals surface area contributed by atoms with E-state index in [1.165, 1.54) is 5.56 Å². The summed E-state index contributed by atoms with van der Waals surface area (Å²) in [5.41, 5.74) is 2.08. The van der Waals surface area contributed by atoms with E-state index in [0.29, 0.717) is 0 Å². The lowest BCUT2D eigenvalue weighted by molar-refractivity contribution is 0.0551. The minimum atomic E-state index is -0.0427. The number of nitrogens with zero attached hydrogens (tertiary/aromatic N) is 1. The van der Waals surface area contributed by atoms with E-state index in [9.17, 15) is 4.79 Å². The maximum absolute atomic E-state index is 12.2. The molecule has 0 saturated carbocycles. The summed E-state index contributed by atoms with van der Waals surface area (Å²) in [5, 5.41) is 3.36. The first-order chi connectivity index (χ1) is 7.76. The lowest BCUT2D eigenvalue weighted by Crippen LogP contribution is -2.48. The number of fused-ring (bicyclic) bond motifs is 2. The molecule has 0 atom stereocenters. The van der Waals surface area contributed by atoms with Crippen molar-refractivity contribution in [2.75, 3.05) is 20.1 Å². The van der Waals surface area contributed by atoms with Crippen molar-refractivity contribution in [1.29, 1.82) is 0 Å².